The first-order valence-electron chi connectivity index (χ1n) is 7.12. The molecule has 0 aromatic heterocycles. The number of rotatable bonds is 4. The van der Waals surface area contributed by atoms with Crippen molar-refractivity contribution in [2.24, 2.45) is 0 Å². The van der Waals surface area contributed by atoms with Crippen LogP contribution in [0.5, 0.6) is 0 Å². The van der Waals surface area contributed by atoms with E-state index in [2.05, 4.69) is 79.1 Å². The highest BCUT2D eigenvalue weighted by Gasteiger charge is 2.05. The molecule has 22 heavy (non-hydrogen) atoms. The van der Waals surface area contributed by atoms with Gasteiger partial charge in [-0.2, -0.15) is 0 Å². The smallest absolute Gasteiger partial charge is 0.0521 e. The van der Waals surface area contributed by atoms with Crippen molar-refractivity contribution in [3.8, 4) is 11.1 Å². The first-order valence-corrected chi connectivity index (χ1v) is 8.75. The highest BCUT2D eigenvalue weighted by atomic mass is 32.2. The lowest BCUT2D eigenvalue weighted by molar-refractivity contribution is 1.45. The number of hydrogen-bond donors (Lipinski definition) is 0. The first-order chi connectivity index (χ1) is 10.8. The van der Waals surface area contributed by atoms with E-state index in [4.69, 9.17) is 12.2 Å². The fraction of sp³-hybridized carbons (Fsp3) is 0.0500. The lowest BCUT2D eigenvalue weighted by Gasteiger charge is -2.07. The van der Waals surface area contributed by atoms with E-state index in [9.17, 15) is 0 Å². The Kier molecular flexibility index (Phi) is 4.71. The minimum atomic E-state index is 0.896. The molecular weight excluding hydrogens is 304 g/mol. The molecule has 0 nitrogen and oxygen atoms in total. The highest BCUT2D eigenvalue weighted by Crippen LogP contribution is 2.22. The van der Waals surface area contributed by atoms with Crippen LogP contribution in [0.1, 0.15) is 11.1 Å². The van der Waals surface area contributed by atoms with E-state index in [0.29, 0.717) is 0 Å². The van der Waals surface area contributed by atoms with Gasteiger partial charge in [0.05, 0.1) is 4.86 Å². The van der Waals surface area contributed by atoms with E-state index in [0.717, 1.165) is 16.0 Å². The highest BCUT2D eigenvalue weighted by molar-refractivity contribution is 7.98. The van der Waals surface area contributed by atoms with Crippen LogP contribution in [0.4, 0.5) is 0 Å². The van der Waals surface area contributed by atoms with Crippen LogP contribution in [0.25, 0.3) is 11.1 Å². The average molecular weight is 320 g/mol. The van der Waals surface area contributed by atoms with Crippen LogP contribution in [0.3, 0.4) is 0 Å². The first kappa shape index (κ1) is 15.0. The van der Waals surface area contributed by atoms with Gasteiger partial charge in [0, 0.05) is 4.90 Å². The molecule has 0 saturated heterocycles. The molecule has 0 atom stereocenters. The van der Waals surface area contributed by atoms with E-state index in [1.807, 2.05) is 6.07 Å². The molecule has 2 heteroatoms. The van der Waals surface area contributed by atoms with E-state index < -0.39 is 0 Å². The number of thioether (sulfide) groups is 1. The Morgan fingerprint density at radius 2 is 1.18 bits per heavy atom. The molecule has 0 saturated carbocycles. The van der Waals surface area contributed by atoms with E-state index in [-0.39, 0.29) is 0 Å². The summed E-state index contributed by atoms with van der Waals surface area (Å²) in [7, 11) is 0. The minimum Gasteiger partial charge on any atom is -0.130 e. The minimum absolute atomic E-state index is 0.896. The maximum atomic E-state index is 5.62. The van der Waals surface area contributed by atoms with Crippen LogP contribution in [0, 0.1) is 0 Å². The fourth-order valence-corrected chi connectivity index (χ4v) is 3.03. The third-order valence-corrected chi connectivity index (χ3v) is 4.82. The van der Waals surface area contributed by atoms with Crippen molar-refractivity contribution in [3.63, 3.8) is 0 Å². The third kappa shape index (κ3) is 3.29. The zero-order valence-corrected chi connectivity index (χ0v) is 14.0. The summed E-state index contributed by atoms with van der Waals surface area (Å²) in [6.45, 7) is 0. The molecule has 0 fully saturated rings. The molecule has 0 aliphatic rings. The van der Waals surface area contributed by atoms with Gasteiger partial charge < -0.3 is 0 Å². The Morgan fingerprint density at radius 1 is 0.682 bits per heavy atom. The summed E-state index contributed by atoms with van der Waals surface area (Å²) >= 11 is 7.36. The molecule has 0 aliphatic carbocycles. The number of thiocarbonyl (C=S) groups is 1. The van der Waals surface area contributed by atoms with Crippen LogP contribution >= 0.6 is 24.0 Å². The van der Waals surface area contributed by atoms with Crippen molar-refractivity contribution >= 4 is 28.8 Å². The van der Waals surface area contributed by atoms with Crippen LogP contribution in [-0.2, 0) is 0 Å². The van der Waals surface area contributed by atoms with Crippen LogP contribution in [0.15, 0.2) is 83.8 Å². The maximum Gasteiger partial charge on any atom is 0.0521 e. The van der Waals surface area contributed by atoms with E-state index in [1.165, 1.54) is 16.0 Å². The molecule has 0 unspecified atom stereocenters. The van der Waals surface area contributed by atoms with E-state index in [1.54, 1.807) is 11.8 Å². The molecular formula is C20H16S2. The summed E-state index contributed by atoms with van der Waals surface area (Å²) in [5, 5.41) is 0. The van der Waals surface area contributed by atoms with Crippen molar-refractivity contribution in [1.82, 2.24) is 0 Å². The molecule has 3 aromatic carbocycles. The van der Waals surface area contributed by atoms with E-state index >= 15 is 0 Å². The van der Waals surface area contributed by atoms with Gasteiger partial charge in [0.15, 0.2) is 0 Å². The average Bonchev–Trinajstić information content (AvgIpc) is 2.62. The monoisotopic (exact) mass is 320 g/mol. The molecule has 0 radical (unpaired) electrons. The predicted molar refractivity (Wildman–Crippen MR) is 101 cm³/mol. The molecule has 0 bridgehead atoms. The topological polar surface area (TPSA) is 0 Å². The van der Waals surface area contributed by atoms with Gasteiger partial charge >= 0.3 is 0 Å². The maximum absolute atomic E-state index is 5.62. The molecule has 0 amide bonds. The van der Waals surface area contributed by atoms with Gasteiger partial charge in [-0.25, -0.2) is 0 Å². The van der Waals surface area contributed by atoms with Gasteiger partial charge in [0.25, 0.3) is 0 Å². The molecule has 108 valence electrons. The lowest BCUT2D eigenvalue weighted by Crippen LogP contribution is -1.99. The molecule has 3 aromatic rings. The molecule has 0 heterocycles. The standard InChI is InChI=1S/C20H16S2/c1-22-19-13-11-18(12-14-19)20(21)17-9-7-16(8-10-17)15-5-3-2-4-6-15/h2-14H,1H3. The largest absolute Gasteiger partial charge is 0.130 e. The summed E-state index contributed by atoms with van der Waals surface area (Å²) < 4.78 is 0. The second-order valence-corrected chi connectivity index (χ2v) is 6.29. The summed E-state index contributed by atoms with van der Waals surface area (Å²) in [6.07, 6.45) is 2.08. The summed E-state index contributed by atoms with van der Waals surface area (Å²) in [5.74, 6) is 0. The van der Waals surface area contributed by atoms with Crippen molar-refractivity contribution in [2.75, 3.05) is 6.26 Å². The zero-order valence-electron chi connectivity index (χ0n) is 12.3. The number of hydrogen-bond acceptors (Lipinski definition) is 2. The van der Waals surface area contributed by atoms with Gasteiger partial charge in [-0.05, 0) is 40.6 Å². The van der Waals surface area contributed by atoms with Gasteiger partial charge in [0.1, 0.15) is 0 Å². The van der Waals surface area contributed by atoms with Gasteiger partial charge in [-0.15, -0.1) is 11.8 Å². The molecule has 3 rings (SSSR count). The fourth-order valence-electron chi connectivity index (χ4n) is 2.35. The Hall–Kier alpha value is -1.90. The molecule has 0 N–H and O–H groups in total. The van der Waals surface area contributed by atoms with Crippen molar-refractivity contribution in [1.29, 1.82) is 0 Å². The van der Waals surface area contributed by atoms with Gasteiger partial charge in [-0.1, -0.05) is 78.9 Å². The Labute approximate surface area is 141 Å². The zero-order chi connectivity index (χ0) is 15.4. The second-order valence-electron chi connectivity index (χ2n) is 5.00. The van der Waals surface area contributed by atoms with Crippen molar-refractivity contribution < 1.29 is 0 Å². The Bertz CT molecular complexity index is 757. The second kappa shape index (κ2) is 6.91. The summed E-state index contributed by atoms with van der Waals surface area (Å²) in [6, 6.07) is 27.3. The summed E-state index contributed by atoms with van der Waals surface area (Å²) in [5.41, 5.74) is 4.63. The third-order valence-electron chi connectivity index (χ3n) is 3.61. The van der Waals surface area contributed by atoms with Gasteiger partial charge in [-0.3, -0.25) is 0 Å². The van der Waals surface area contributed by atoms with Gasteiger partial charge in [0.2, 0.25) is 0 Å². The summed E-state index contributed by atoms with van der Waals surface area (Å²) in [4.78, 5) is 2.15. The van der Waals surface area contributed by atoms with Crippen molar-refractivity contribution in [3.05, 3.63) is 90.0 Å². The predicted octanol–water partition coefficient (Wildman–Crippen LogP) is 5.84. The lowest BCUT2D eigenvalue weighted by atomic mass is 10.0. The van der Waals surface area contributed by atoms with Crippen molar-refractivity contribution in [2.45, 2.75) is 4.90 Å². The molecule has 0 aliphatic heterocycles. The number of benzene rings is 3. The Balaban J connectivity index is 1.84. The SMILES string of the molecule is CSc1ccc(C(=S)c2ccc(-c3ccccc3)cc2)cc1. The quantitative estimate of drug-likeness (QED) is 0.336. The normalized spacial score (nSPS) is 10.4. The van der Waals surface area contributed by atoms with Crippen LogP contribution < -0.4 is 0 Å². The van der Waals surface area contributed by atoms with Crippen LogP contribution in [0.2, 0.25) is 0 Å². The molecule has 0 spiro atoms. The Morgan fingerprint density at radius 3 is 1.73 bits per heavy atom. The van der Waals surface area contributed by atoms with Crippen LogP contribution in [-0.4, -0.2) is 11.1 Å².